The van der Waals surface area contributed by atoms with E-state index in [4.69, 9.17) is 14.6 Å². The average Bonchev–Trinajstić information content (AvgIpc) is 2.66. The van der Waals surface area contributed by atoms with E-state index >= 15 is 0 Å². The van der Waals surface area contributed by atoms with Gasteiger partial charge in [-0.25, -0.2) is 9.18 Å². The molecule has 0 saturated carbocycles. The number of hydrogen-bond acceptors (Lipinski definition) is 6. The number of anilines is 1. The Kier molecular flexibility index (Phi) is 8.32. The molecule has 0 radical (unpaired) electrons. The number of hydrogen-bond donors (Lipinski definition) is 2. The number of aliphatic carboxylic acids is 1. The quantitative estimate of drug-likeness (QED) is 0.627. The van der Waals surface area contributed by atoms with Crippen molar-refractivity contribution < 1.29 is 28.9 Å². The van der Waals surface area contributed by atoms with Crippen molar-refractivity contribution in [2.75, 3.05) is 44.7 Å². The van der Waals surface area contributed by atoms with E-state index in [-0.39, 0.29) is 61.3 Å². The third-order valence-corrected chi connectivity index (χ3v) is 5.19. The van der Waals surface area contributed by atoms with E-state index in [0.717, 1.165) is 26.1 Å². The summed E-state index contributed by atoms with van der Waals surface area (Å²) in [6.07, 6.45) is 1.34. The predicted molar refractivity (Wildman–Crippen MR) is 117 cm³/mol. The normalized spacial score (nSPS) is 17.8. The molecule has 1 unspecified atom stereocenters. The van der Waals surface area contributed by atoms with Crippen LogP contribution in [-0.2, 0) is 4.79 Å². The number of benzene rings is 1. The van der Waals surface area contributed by atoms with Crippen molar-refractivity contribution in [1.29, 1.82) is 0 Å². The molecule has 2 aliphatic heterocycles. The van der Waals surface area contributed by atoms with Crippen LogP contribution in [0.15, 0.2) is 17.1 Å². The van der Waals surface area contributed by atoms with Crippen LogP contribution in [0.4, 0.5) is 10.1 Å². The van der Waals surface area contributed by atoms with E-state index in [9.17, 15) is 19.1 Å². The van der Waals surface area contributed by atoms with Gasteiger partial charge in [0.05, 0.1) is 16.9 Å². The molecule has 2 N–H and O–H groups in total. The zero-order chi connectivity index (χ0) is 22.2. The Morgan fingerprint density at radius 2 is 1.77 bits per heavy atom. The van der Waals surface area contributed by atoms with Gasteiger partial charge in [0.25, 0.3) is 5.97 Å². The van der Waals surface area contributed by atoms with Crippen molar-refractivity contribution in [3.05, 3.63) is 33.9 Å². The van der Waals surface area contributed by atoms with E-state index in [1.165, 1.54) is 6.20 Å². The van der Waals surface area contributed by atoms with Crippen molar-refractivity contribution >= 4 is 66.3 Å². The number of likely N-dealkylation sites (N-methyl/N-ethyl adjacent to an activating group) is 1. The Bertz CT molecular complexity index is 1060. The van der Waals surface area contributed by atoms with Gasteiger partial charge >= 0.3 is 43.7 Å². The van der Waals surface area contributed by atoms with Crippen LogP contribution in [0, 0.1) is 5.82 Å². The first-order chi connectivity index (χ1) is 14.1. The maximum absolute atomic E-state index is 15.0. The summed E-state index contributed by atoms with van der Waals surface area (Å²) in [6, 6.07) is 0.994. The first-order valence-corrected chi connectivity index (χ1v) is 9.52. The van der Waals surface area contributed by atoms with Crippen LogP contribution in [0.5, 0.6) is 5.75 Å². The van der Waals surface area contributed by atoms with Crippen molar-refractivity contribution in [3.63, 3.8) is 0 Å². The molecular weight excluding hydrogens is 437 g/mol. The van der Waals surface area contributed by atoms with Crippen LogP contribution in [0.1, 0.15) is 30.2 Å². The van der Waals surface area contributed by atoms with Crippen LogP contribution >= 0.6 is 0 Å². The summed E-state index contributed by atoms with van der Waals surface area (Å²) in [5.41, 5.74) is -0.224. The van der Waals surface area contributed by atoms with Crippen LogP contribution in [-0.4, -0.2) is 109 Å². The fraction of sp³-hybridized carbons (Fsp3) is 0.450. The molecule has 9 nitrogen and oxygen atoms in total. The number of ether oxygens (including phenoxy) is 1. The number of pyridine rings is 1. The SMILES string of the molecule is CC(=O)O.CC1COc2c(N3CCN(C)CC3)c(F)cc3c(=O)c(C(=O)O)cn1c23.[CaH2]. The molecule has 0 spiro atoms. The van der Waals surface area contributed by atoms with Gasteiger partial charge in [-0.15, -0.1) is 0 Å². The molecule has 1 fully saturated rings. The molecule has 0 aliphatic carbocycles. The third-order valence-electron chi connectivity index (χ3n) is 5.19. The van der Waals surface area contributed by atoms with Crippen molar-refractivity contribution in [2.45, 2.75) is 19.9 Å². The number of piperazine rings is 1. The first-order valence-electron chi connectivity index (χ1n) is 9.52. The Labute approximate surface area is 208 Å². The second-order valence-corrected chi connectivity index (χ2v) is 7.49. The number of nitrogens with zero attached hydrogens (tertiary/aromatic N) is 3. The maximum atomic E-state index is 15.0. The number of aromatic nitrogens is 1. The summed E-state index contributed by atoms with van der Waals surface area (Å²) in [6.45, 7) is 6.16. The number of aromatic carboxylic acids is 1. The van der Waals surface area contributed by atoms with Crippen LogP contribution < -0.4 is 15.1 Å². The molecule has 1 atom stereocenters. The topological polar surface area (TPSA) is 112 Å². The van der Waals surface area contributed by atoms with Gasteiger partial charge in [-0.05, 0) is 20.0 Å². The number of carboxylic acids is 2. The molecule has 1 aromatic carbocycles. The average molecular weight is 464 g/mol. The molecule has 166 valence electrons. The van der Waals surface area contributed by atoms with Gasteiger partial charge in [0, 0.05) is 39.3 Å². The van der Waals surface area contributed by atoms with Gasteiger partial charge in [-0.1, -0.05) is 0 Å². The summed E-state index contributed by atoms with van der Waals surface area (Å²) in [4.78, 5) is 37.1. The molecule has 4 rings (SSSR count). The van der Waals surface area contributed by atoms with Gasteiger partial charge in [-0.3, -0.25) is 9.59 Å². The fourth-order valence-electron chi connectivity index (χ4n) is 3.69. The van der Waals surface area contributed by atoms with Crippen LogP contribution in [0.3, 0.4) is 0 Å². The molecule has 1 aromatic heterocycles. The van der Waals surface area contributed by atoms with Crippen molar-refractivity contribution in [2.24, 2.45) is 0 Å². The van der Waals surface area contributed by atoms with E-state index < -0.39 is 23.2 Å². The summed E-state index contributed by atoms with van der Waals surface area (Å²) in [5, 5.41) is 16.8. The van der Waals surface area contributed by atoms with Gasteiger partial charge in [-0.2, -0.15) is 0 Å². The van der Waals surface area contributed by atoms with Crippen LogP contribution in [0.2, 0.25) is 0 Å². The van der Waals surface area contributed by atoms with E-state index in [0.29, 0.717) is 30.0 Å². The van der Waals surface area contributed by atoms with Gasteiger partial charge in [0.2, 0.25) is 5.43 Å². The van der Waals surface area contributed by atoms with Crippen molar-refractivity contribution in [1.82, 2.24) is 9.47 Å². The zero-order valence-electron chi connectivity index (χ0n) is 17.0. The Hall–Kier alpha value is -1.88. The molecular formula is C20H26CaFN3O6. The Morgan fingerprint density at radius 1 is 1.19 bits per heavy atom. The summed E-state index contributed by atoms with van der Waals surface area (Å²) < 4.78 is 22.6. The number of halogens is 1. The third kappa shape index (κ3) is 5.14. The Balaban J connectivity index is 0.000000631. The monoisotopic (exact) mass is 463 g/mol. The summed E-state index contributed by atoms with van der Waals surface area (Å²) in [7, 11) is 2.02. The first kappa shape index (κ1) is 25.4. The minimum absolute atomic E-state index is 0. The predicted octanol–water partition coefficient (Wildman–Crippen LogP) is 0.719. The molecule has 2 aromatic rings. The molecule has 3 heterocycles. The van der Waals surface area contributed by atoms with E-state index in [1.807, 2.05) is 18.9 Å². The van der Waals surface area contributed by atoms with E-state index in [1.54, 1.807) is 4.57 Å². The number of carbonyl (C=O) groups is 2. The Morgan fingerprint density at radius 3 is 2.32 bits per heavy atom. The second-order valence-electron chi connectivity index (χ2n) is 7.49. The van der Waals surface area contributed by atoms with Crippen LogP contribution in [0.25, 0.3) is 10.9 Å². The van der Waals surface area contributed by atoms with Gasteiger partial charge in [0.15, 0.2) is 11.6 Å². The molecule has 0 bridgehead atoms. The van der Waals surface area contributed by atoms with Gasteiger partial charge < -0.3 is 29.3 Å². The van der Waals surface area contributed by atoms with Crippen molar-refractivity contribution in [3.8, 4) is 5.75 Å². The molecule has 31 heavy (non-hydrogen) atoms. The standard InChI is InChI=1S/C18H20FN3O4.C2H4O2.Ca.2H/c1-10-9-26-17-14-11(16(23)12(18(24)25)8-22(10)14)7-13(19)15(17)21-5-3-20(2)4-6-21;1-2(3)4;;;/h7-8,10H,3-6,9H2,1-2H3,(H,24,25);1H3,(H,3,4);;;. The zero-order valence-corrected chi connectivity index (χ0v) is 17.0. The van der Waals surface area contributed by atoms with E-state index in [2.05, 4.69) is 4.90 Å². The summed E-state index contributed by atoms with van der Waals surface area (Å²) >= 11 is 0. The van der Waals surface area contributed by atoms with Gasteiger partial charge in [0.1, 0.15) is 17.9 Å². The molecule has 1 saturated heterocycles. The molecule has 0 amide bonds. The minimum atomic E-state index is -1.32. The summed E-state index contributed by atoms with van der Waals surface area (Å²) in [5.74, 6) is -2.38. The fourth-order valence-corrected chi connectivity index (χ4v) is 3.69. The number of rotatable bonds is 2. The number of carboxylic acid groups (broad SMARTS) is 2. The molecule has 11 heteroatoms. The second kappa shape index (κ2) is 10.2. The molecule has 2 aliphatic rings.